The molecule has 0 aromatic carbocycles. The molecule has 2 rings (SSSR count). The van der Waals surface area contributed by atoms with Crippen LogP contribution >= 0.6 is 11.3 Å². The van der Waals surface area contributed by atoms with Crippen molar-refractivity contribution in [3.63, 3.8) is 0 Å². The topological polar surface area (TPSA) is 67.3 Å². The molecule has 0 unspecified atom stereocenters. The SMILES string of the molecule is CC(C)(C)OC(=O)N1CC(Nc2nncs2)C1. The highest BCUT2D eigenvalue weighted by molar-refractivity contribution is 7.13. The number of carbonyl (C=O) groups is 1. The minimum absolute atomic E-state index is 0.246. The number of hydrogen-bond donors (Lipinski definition) is 1. The van der Waals surface area contributed by atoms with Gasteiger partial charge in [-0.15, -0.1) is 10.2 Å². The summed E-state index contributed by atoms with van der Waals surface area (Å²) in [5.74, 6) is 0. The van der Waals surface area contributed by atoms with E-state index in [1.165, 1.54) is 11.3 Å². The van der Waals surface area contributed by atoms with Crippen LogP contribution in [0.3, 0.4) is 0 Å². The Morgan fingerprint density at radius 1 is 1.59 bits per heavy atom. The first-order chi connectivity index (χ1) is 7.94. The van der Waals surface area contributed by atoms with E-state index in [4.69, 9.17) is 4.74 Å². The summed E-state index contributed by atoms with van der Waals surface area (Å²) in [6.07, 6.45) is -0.257. The molecule has 94 valence electrons. The largest absolute Gasteiger partial charge is 0.444 e. The number of anilines is 1. The van der Waals surface area contributed by atoms with Crippen molar-refractivity contribution in [1.82, 2.24) is 15.1 Å². The third-order valence-corrected chi connectivity index (χ3v) is 2.84. The Morgan fingerprint density at radius 2 is 2.29 bits per heavy atom. The molecule has 0 radical (unpaired) electrons. The molecule has 1 amide bonds. The Kier molecular flexibility index (Phi) is 3.19. The average Bonchev–Trinajstić information content (AvgIpc) is 2.59. The van der Waals surface area contributed by atoms with Gasteiger partial charge in [-0.25, -0.2) is 4.79 Å². The Bertz CT molecular complexity index is 382. The molecule has 17 heavy (non-hydrogen) atoms. The number of nitrogens with one attached hydrogen (secondary N) is 1. The van der Waals surface area contributed by atoms with Crippen molar-refractivity contribution >= 4 is 22.6 Å². The molecule has 1 fully saturated rings. The molecule has 1 N–H and O–H groups in total. The van der Waals surface area contributed by atoms with Gasteiger partial charge in [0.25, 0.3) is 0 Å². The van der Waals surface area contributed by atoms with Crippen LogP contribution in [0.4, 0.5) is 9.93 Å². The van der Waals surface area contributed by atoms with Gasteiger partial charge in [0.05, 0.1) is 6.04 Å². The fourth-order valence-electron chi connectivity index (χ4n) is 1.46. The van der Waals surface area contributed by atoms with Crippen LogP contribution in [0, 0.1) is 0 Å². The second kappa shape index (κ2) is 4.48. The molecule has 7 heteroatoms. The Balaban J connectivity index is 1.73. The summed E-state index contributed by atoms with van der Waals surface area (Å²) in [6, 6.07) is 0.246. The summed E-state index contributed by atoms with van der Waals surface area (Å²) < 4.78 is 5.26. The van der Waals surface area contributed by atoms with E-state index in [0.717, 1.165) is 5.13 Å². The third-order valence-electron chi connectivity index (χ3n) is 2.22. The van der Waals surface area contributed by atoms with Gasteiger partial charge in [0.1, 0.15) is 11.1 Å². The standard InChI is InChI=1S/C10H16N4O2S/c1-10(2,3)16-9(15)14-4-7(5-14)12-8-13-11-6-17-8/h6-7H,4-5H2,1-3H3,(H,12,13). The molecule has 1 aliphatic heterocycles. The fraction of sp³-hybridized carbons (Fsp3) is 0.700. The van der Waals surface area contributed by atoms with Gasteiger partial charge in [-0.05, 0) is 20.8 Å². The zero-order valence-electron chi connectivity index (χ0n) is 10.1. The molecule has 6 nitrogen and oxygen atoms in total. The number of amides is 1. The Hall–Kier alpha value is -1.37. The first kappa shape index (κ1) is 12.1. The van der Waals surface area contributed by atoms with Crippen LogP contribution in [0.5, 0.6) is 0 Å². The number of rotatable bonds is 2. The number of ether oxygens (including phenoxy) is 1. The quantitative estimate of drug-likeness (QED) is 0.870. The average molecular weight is 256 g/mol. The monoisotopic (exact) mass is 256 g/mol. The zero-order valence-corrected chi connectivity index (χ0v) is 11.0. The number of likely N-dealkylation sites (tertiary alicyclic amines) is 1. The van der Waals surface area contributed by atoms with E-state index in [1.807, 2.05) is 20.8 Å². The van der Waals surface area contributed by atoms with Gasteiger partial charge < -0.3 is 15.0 Å². The molecule has 0 aliphatic carbocycles. The predicted molar refractivity (Wildman–Crippen MR) is 65.1 cm³/mol. The van der Waals surface area contributed by atoms with Crippen LogP contribution in [0.1, 0.15) is 20.8 Å². The highest BCUT2D eigenvalue weighted by Crippen LogP contribution is 2.19. The van der Waals surface area contributed by atoms with Crippen LogP contribution in [0.25, 0.3) is 0 Å². The number of aromatic nitrogens is 2. The van der Waals surface area contributed by atoms with Crippen molar-refractivity contribution in [3.05, 3.63) is 5.51 Å². The summed E-state index contributed by atoms with van der Waals surface area (Å²) in [6.45, 7) is 6.88. The smallest absolute Gasteiger partial charge is 0.410 e. The van der Waals surface area contributed by atoms with Gasteiger partial charge >= 0.3 is 6.09 Å². The van der Waals surface area contributed by atoms with Crippen molar-refractivity contribution in [2.45, 2.75) is 32.4 Å². The molecule has 0 spiro atoms. The van der Waals surface area contributed by atoms with Gasteiger partial charge in [-0.1, -0.05) is 11.3 Å². The van der Waals surface area contributed by atoms with E-state index < -0.39 is 5.60 Å². The minimum Gasteiger partial charge on any atom is -0.444 e. The van der Waals surface area contributed by atoms with Gasteiger partial charge in [-0.2, -0.15) is 0 Å². The maximum absolute atomic E-state index is 11.6. The highest BCUT2D eigenvalue weighted by Gasteiger charge is 2.33. The summed E-state index contributed by atoms with van der Waals surface area (Å²) in [5.41, 5.74) is 1.24. The van der Waals surface area contributed by atoms with Crippen LogP contribution in [0.15, 0.2) is 5.51 Å². The number of hydrogen-bond acceptors (Lipinski definition) is 6. The van der Waals surface area contributed by atoms with E-state index in [-0.39, 0.29) is 12.1 Å². The summed E-state index contributed by atoms with van der Waals surface area (Å²) in [4.78, 5) is 13.3. The lowest BCUT2D eigenvalue weighted by Crippen LogP contribution is -2.57. The number of nitrogens with zero attached hydrogens (tertiary/aromatic N) is 3. The molecule has 1 aliphatic rings. The maximum atomic E-state index is 11.6. The molecule has 1 aromatic heterocycles. The van der Waals surface area contributed by atoms with Crippen molar-refractivity contribution in [2.75, 3.05) is 18.4 Å². The first-order valence-electron chi connectivity index (χ1n) is 5.45. The lowest BCUT2D eigenvalue weighted by atomic mass is 10.1. The van der Waals surface area contributed by atoms with Gasteiger partial charge in [0, 0.05) is 13.1 Å². The van der Waals surface area contributed by atoms with Crippen LogP contribution in [0.2, 0.25) is 0 Å². The van der Waals surface area contributed by atoms with Gasteiger partial charge in [-0.3, -0.25) is 0 Å². The Morgan fingerprint density at radius 3 is 2.82 bits per heavy atom. The van der Waals surface area contributed by atoms with Crippen molar-refractivity contribution in [2.24, 2.45) is 0 Å². The van der Waals surface area contributed by atoms with Crippen molar-refractivity contribution in [3.8, 4) is 0 Å². The molecule has 0 saturated carbocycles. The molecular weight excluding hydrogens is 240 g/mol. The first-order valence-corrected chi connectivity index (χ1v) is 6.32. The fourth-order valence-corrected chi connectivity index (χ4v) is 1.98. The predicted octanol–water partition coefficient (Wildman–Crippen LogP) is 1.57. The molecule has 0 atom stereocenters. The lowest BCUT2D eigenvalue weighted by molar-refractivity contribution is 0.0105. The molecule has 1 saturated heterocycles. The summed E-state index contributed by atoms with van der Waals surface area (Å²) in [5, 5.41) is 11.6. The third kappa shape index (κ3) is 3.29. The normalized spacial score (nSPS) is 16.5. The maximum Gasteiger partial charge on any atom is 0.410 e. The van der Waals surface area contributed by atoms with Crippen molar-refractivity contribution in [1.29, 1.82) is 0 Å². The molecule has 1 aromatic rings. The van der Waals surface area contributed by atoms with E-state index >= 15 is 0 Å². The van der Waals surface area contributed by atoms with Crippen LogP contribution < -0.4 is 5.32 Å². The summed E-state index contributed by atoms with van der Waals surface area (Å²) in [7, 11) is 0. The lowest BCUT2D eigenvalue weighted by Gasteiger charge is -2.39. The second-order valence-corrected chi connectivity index (χ2v) is 5.80. The van der Waals surface area contributed by atoms with Gasteiger partial charge in [0.2, 0.25) is 5.13 Å². The molecule has 0 bridgehead atoms. The van der Waals surface area contributed by atoms with Crippen LogP contribution in [-0.4, -0.2) is 45.9 Å². The van der Waals surface area contributed by atoms with Gasteiger partial charge in [0.15, 0.2) is 0 Å². The van der Waals surface area contributed by atoms with E-state index in [1.54, 1.807) is 10.4 Å². The molecule has 2 heterocycles. The van der Waals surface area contributed by atoms with Crippen molar-refractivity contribution < 1.29 is 9.53 Å². The van der Waals surface area contributed by atoms with E-state index in [0.29, 0.717) is 13.1 Å². The minimum atomic E-state index is -0.436. The number of carbonyl (C=O) groups excluding carboxylic acids is 1. The second-order valence-electron chi connectivity index (χ2n) is 4.97. The summed E-state index contributed by atoms with van der Waals surface area (Å²) >= 11 is 1.45. The Labute approximate surface area is 104 Å². The van der Waals surface area contributed by atoms with Crippen LogP contribution in [-0.2, 0) is 4.74 Å². The van der Waals surface area contributed by atoms with E-state index in [2.05, 4.69) is 15.5 Å². The molecular formula is C10H16N4O2S. The zero-order chi connectivity index (χ0) is 12.5. The highest BCUT2D eigenvalue weighted by atomic mass is 32.1. The van der Waals surface area contributed by atoms with E-state index in [9.17, 15) is 4.79 Å².